The van der Waals surface area contributed by atoms with E-state index >= 15 is 0 Å². The van der Waals surface area contributed by atoms with Crippen LogP contribution in [0.4, 0.5) is 15.0 Å². The minimum atomic E-state index is -0.992. The minimum absolute atomic E-state index is 0.300. The zero-order valence-corrected chi connectivity index (χ0v) is 13.2. The van der Waals surface area contributed by atoms with Gasteiger partial charge in [-0.25, -0.2) is 14.2 Å². The molecule has 122 valence electrons. The number of halogens is 1. The van der Waals surface area contributed by atoms with E-state index in [-0.39, 0.29) is 0 Å². The lowest BCUT2D eigenvalue weighted by Crippen LogP contribution is -2.27. The Morgan fingerprint density at radius 3 is 2.57 bits per heavy atom. The van der Waals surface area contributed by atoms with Gasteiger partial charge in [-0.1, -0.05) is 18.2 Å². The number of hydrogen-bond acceptors (Lipinski definition) is 4. The Morgan fingerprint density at radius 1 is 1.26 bits per heavy atom. The highest BCUT2D eigenvalue weighted by Gasteiger charge is 2.17. The maximum Gasteiger partial charge on any atom is 0.413 e. The number of carbonyl (C=O) groups excluding carboxylic acids is 1. The molecular formula is C17H19FN2O3. The zero-order valence-electron chi connectivity index (χ0n) is 13.2. The summed E-state index contributed by atoms with van der Waals surface area (Å²) in [7, 11) is 0. The van der Waals surface area contributed by atoms with Crippen molar-refractivity contribution in [3.05, 3.63) is 59.5 Å². The molecule has 0 bridgehead atoms. The first-order valence-corrected chi connectivity index (χ1v) is 7.14. The van der Waals surface area contributed by atoms with Crippen LogP contribution in [0, 0.1) is 5.82 Å². The maximum atomic E-state index is 13.2. The Hall–Kier alpha value is -2.47. The molecule has 2 N–H and O–H groups in total. The van der Waals surface area contributed by atoms with Gasteiger partial charge in [0.2, 0.25) is 0 Å². The van der Waals surface area contributed by atoms with Crippen LogP contribution >= 0.6 is 0 Å². The number of benzene rings is 1. The Bertz CT molecular complexity index is 681. The molecule has 23 heavy (non-hydrogen) atoms. The number of nitrogens with zero attached hydrogens (tertiary/aromatic N) is 1. The van der Waals surface area contributed by atoms with Gasteiger partial charge in [-0.15, -0.1) is 0 Å². The number of carbonyl (C=O) groups is 1. The van der Waals surface area contributed by atoms with Gasteiger partial charge in [-0.2, -0.15) is 0 Å². The molecular weight excluding hydrogens is 299 g/mol. The minimum Gasteiger partial charge on any atom is -0.444 e. The van der Waals surface area contributed by atoms with Crippen molar-refractivity contribution in [2.75, 3.05) is 5.32 Å². The molecule has 1 aromatic carbocycles. The summed E-state index contributed by atoms with van der Waals surface area (Å²) in [5, 5.41) is 12.7. The highest BCUT2D eigenvalue weighted by atomic mass is 19.1. The predicted molar refractivity (Wildman–Crippen MR) is 84.6 cm³/mol. The molecule has 0 spiro atoms. The number of pyridine rings is 1. The van der Waals surface area contributed by atoms with Crippen molar-refractivity contribution in [2.24, 2.45) is 0 Å². The first kappa shape index (κ1) is 16.9. The number of aliphatic hydroxyl groups excluding tert-OH is 1. The summed E-state index contributed by atoms with van der Waals surface area (Å²) < 4.78 is 18.3. The van der Waals surface area contributed by atoms with E-state index in [0.717, 1.165) is 0 Å². The average molecular weight is 318 g/mol. The number of aromatic nitrogens is 1. The fraction of sp³-hybridized carbons (Fsp3) is 0.294. The molecule has 1 amide bonds. The van der Waals surface area contributed by atoms with Gasteiger partial charge in [0.05, 0.1) is 0 Å². The van der Waals surface area contributed by atoms with Crippen LogP contribution < -0.4 is 5.32 Å². The molecule has 1 atom stereocenters. The Morgan fingerprint density at radius 2 is 2.00 bits per heavy atom. The van der Waals surface area contributed by atoms with Crippen molar-refractivity contribution in [3.63, 3.8) is 0 Å². The molecule has 1 unspecified atom stereocenters. The average Bonchev–Trinajstić information content (AvgIpc) is 2.45. The second-order valence-electron chi connectivity index (χ2n) is 6.06. The molecule has 2 rings (SSSR count). The van der Waals surface area contributed by atoms with E-state index in [1.54, 1.807) is 39.0 Å². The van der Waals surface area contributed by atoms with Crippen LogP contribution in [0.3, 0.4) is 0 Å². The third-order valence-electron chi connectivity index (χ3n) is 2.90. The number of hydrogen-bond donors (Lipinski definition) is 2. The van der Waals surface area contributed by atoms with Crippen LogP contribution in [0.5, 0.6) is 0 Å². The summed E-state index contributed by atoms with van der Waals surface area (Å²) in [4.78, 5) is 15.7. The van der Waals surface area contributed by atoms with Crippen LogP contribution in [0.1, 0.15) is 38.0 Å². The van der Waals surface area contributed by atoms with E-state index in [0.29, 0.717) is 16.9 Å². The summed E-state index contributed by atoms with van der Waals surface area (Å²) in [6, 6.07) is 8.87. The molecule has 2 aromatic rings. The molecule has 0 aliphatic carbocycles. The molecule has 6 heteroatoms. The monoisotopic (exact) mass is 318 g/mol. The van der Waals surface area contributed by atoms with Gasteiger partial charge in [0.1, 0.15) is 23.3 Å². The first-order valence-electron chi connectivity index (χ1n) is 7.14. The Kier molecular flexibility index (Phi) is 4.95. The molecule has 0 aliphatic heterocycles. The molecule has 0 saturated heterocycles. The molecule has 5 nitrogen and oxygen atoms in total. The highest BCUT2D eigenvalue weighted by Crippen LogP contribution is 2.22. The van der Waals surface area contributed by atoms with Gasteiger partial charge in [-0.05, 0) is 44.5 Å². The molecule has 0 radical (unpaired) electrons. The fourth-order valence-corrected chi connectivity index (χ4v) is 1.92. The zero-order chi connectivity index (χ0) is 17.0. The summed E-state index contributed by atoms with van der Waals surface area (Å²) in [5.41, 5.74) is 0.322. The molecule has 1 aromatic heterocycles. The molecule has 0 fully saturated rings. The largest absolute Gasteiger partial charge is 0.444 e. The van der Waals surface area contributed by atoms with E-state index in [9.17, 15) is 14.3 Å². The molecule has 0 aliphatic rings. The number of nitrogens with one attached hydrogen (secondary N) is 1. The highest BCUT2D eigenvalue weighted by molar-refractivity contribution is 5.83. The second-order valence-corrected chi connectivity index (χ2v) is 6.06. The smallest absolute Gasteiger partial charge is 0.413 e. The Balaban J connectivity index is 2.06. The van der Waals surface area contributed by atoms with E-state index in [1.165, 1.54) is 24.4 Å². The van der Waals surface area contributed by atoms with Gasteiger partial charge in [0.25, 0.3) is 0 Å². The molecule has 1 heterocycles. The van der Waals surface area contributed by atoms with E-state index in [2.05, 4.69) is 10.3 Å². The maximum absolute atomic E-state index is 13.2. The van der Waals surface area contributed by atoms with Crippen molar-refractivity contribution >= 4 is 11.9 Å². The van der Waals surface area contributed by atoms with Crippen LogP contribution in [0.2, 0.25) is 0 Å². The van der Waals surface area contributed by atoms with Crippen molar-refractivity contribution in [3.8, 4) is 0 Å². The number of amides is 1. The van der Waals surface area contributed by atoms with Crippen LogP contribution in [-0.2, 0) is 4.74 Å². The van der Waals surface area contributed by atoms with E-state index in [1.807, 2.05) is 0 Å². The summed E-state index contributed by atoms with van der Waals surface area (Å²) in [6.45, 7) is 5.29. The van der Waals surface area contributed by atoms with Gasteiger partial charge < -0.3 is 9.84 Å². The van der Waals surface area contributed by atoms with E-state index < -0.39 is 23.6 Å². The quantitative estimate of drug-likeness (QED) is 0.906. The number of anilines is 1. The Labute approximate surface area is 134 Å². The normalized spacial score (nSPS) is 12.6. The van der Waals surface area contributed by atoms with Crippen molar-refractivity contribution in [1.82, 2.24) is 4.98 Å². The van der Waals surface area contributed by atoms with Gasteiger partial charge in [-0.3, -0.25) is 5.32 Å². The third kappa shape index (κ3) is 5.03. The SMILES string of the molecule is CC(C)(C)OC(=O)Nc1ccc(C(O)c2cccc(F)c2)cn1. The lowest BCUT2D eigenvalue weighted by molar-refractivity contribution is 0.0635. The first-order chi connectivity index (χ1) is 10.7. The lowest BCUT2D eigenvalue weighted by atomic mass is 10.0. The fourth-order valence-electron chi connectivity index (χ4n) is 1.92. The topological polar surface area (TPSA) is 71.5 Å². The van der Waals surface area contributed by atoms with Crippen LogP contribution in [0.25, 0.3) is 0 Å². The number of ether oxygens (including phenoxy) is 1. The van der Waals surface area contributed by atoms with Crippen molar-refractivity contribution < 1.29 is 19.0 Å². The second kappa shape index (κ2) is 6.75. The van der Waals surface area contributed by atoms with Gasteiger partial charge in [0.15, 0.2) is 0 Å². The molecule has 0 saturated carbocycles. The van der Waals surface area contributed by atoms with Gasteiger partial charge >= 0.3 is 6.09 Å². The summed E-state index contributed by atoms with van der Waals surface area (Å²) >= 11 is 0. The van der Waals surface area contributed by atoms with Gasteiger partial charge in [0, 0.05) is 11.8 Å². The summed E-state index contributed by atoms with van der Waals surface area (Å²) in [5.74, 6) is -0.118. The number of aliphatic hydroxyl groups is 1. The third-order valence-corrected chi connectivity index (χ3v) is 2.90. The van der Waals surface area contributed by atoms with Crippen molar-refractivity contribution in [1.29, 1.82) is 0 Å². The number of rotatable bonds is 3. The predicted octanol–water partition coefficient (Wildman–Crippen LogP) is 3.65. The van der Waals surface area contributed by atoms with Crippen LogP contribution in [-0.4, -0.2) is 21.8 Å². The standard InChI is InChI=1S/C17H19FN2O3/c1-17(2,3)23-16(22)20-14-8-7-12(10-19-14)15(21)11-5-4-6-13(18)9-11/h4-10,15,21H,1-3H3,(H,19,20,22). The summed E-state index contributed by atoms with van der Waals surface area (Å²) in [6.07, 6.45) is -0.181. The van der Waals surface area contributed by atoms with E-state index in [4.69, 9.17) is 4.74 Å². The van der Waals surface area contributed by atoms with Crippen molar-refractivity contribution in [2.45, 2.75) is 32.5 Å². The van der Waals surface area contributed by atoms with Crippen LogP contribution in [0.15, 0.2) is 42.6 Å². The lowest BCUT2D eigenvalue weighted by Gasteiger charge is -2.19.